The highest BCUT2D eigenvalue weighted by Crippen LogP contribution is 2.19. The van der Waals surface area contributed by atoms with Crippen LogP contribution in [0.1, 0.15) is 46.5 Å². The average molecular weight is 270 g/mol. The number of likely N-dealkylation sites (tertiary alicyclic amines) is 1. The van der Waals surface area contributed by atoms with Crippen molar-refractivity contribution in [3.63, 3.8) is 0 Å². The van der Waals surface area contributed by atoms with E-state index in [1.54, 1.807) is 6.92 Å². The summed E-state index contributed by atoms with van der Waals surface area (Å²) in [7, 11) is 0. The minimum Gasteiger partial charge on any atom is -0.480 e. The van der Waals surface area contributed by atoms with Crippen molar-refractivity contribution in [2.75, 3.05) is 13.1 Å². The quantitative estimate of drug-likeness (QED) is 0.767. The van der Waals surface area contributed by atoms with Gasteiger partial charge in [0.15, 0.2) is 0 Å². The summed E-state index contributed by atoms with van der Waals surface area (Å²) >= 11 is 0. The molecule has 0 aromatic rings. The fourth-order valence-corrected chi connectivity index (χ4v) is 2.46. The SMILES string of the molecule is CC(C)CCNC(=O)C(C)N1CCCCC1C(=O)O. The Labute approximate surface area is 115 Å². The van der Waals surface area contributed by atoms with E-state index in [0.29, 0.717) is 25.4 Å². The summed E-state index contributed by atoms with van der Waals surface area (Å²) in [6.07, 6.45) is 3.47. The molecule has 5 nitrogen and oxygen atoms in total. The molecule has 19 heavy (non-hydrogen) atoms. The van der Waals surface area contributed by atoms with E-state index >= 15 is 0 Å². The molecular weight excluding hydrogens is 244 g/mol. The van der Waals surface area contributed by atoms with Gasteiger partial charge in [-0.3, -0.25) is 14.5 Å². The molecule has 0 saturated carbocycles. The number of carboxylic acids is 1. The Morgan fingerprint density at radius 2 is 2.00 bits per heavy atom. The lowest BCUT2D eigenvalue weighted by molar-refractivity contribution is -0.147. The number of amides is 1. The predicted octanol–water partition coefficient (Wildman–Crippen LogP) is 1.48. The highest BCUT2D eigenvalue weighted by molar-refractivity contribution is 5.82. The lowest BCUT2D eigenvalue weighted by Crippen LogP contribution is -2.54. The molecule has 2 N–H and O–H groups in total. The molecule has 1 aliphatic heterocycles. The second kappa shape index (κ2) is 7.48. The van der Waals surface area contributed by atoms with Gasteiger partial charge in [-0.05, 0) is 38.6 Å². The number of hydrogen-bond acceptors (Lipinski definition) is 3. The van der Waals surface area contributed by atoms with Crippen LogP contribution < -0.4 is 5.32 Å². The van der Waals surface area contributed by atoms with Gasteiger partial charge < -0.3 is 10.4 Å². The molecule has 1 amide bonds. The van der Waals surface area contributed by atoms with Crippen LogP contribution in [0.2, 0.25) is 0 Å². The molecule has 1 heterocycles. The first kappa shape index (κ1) is 16.0. The van der Waals surface area contributed by atoms with Crippen molar-refractivity contribution < 1.29 is 14.7 Å². The van der Waals surface area contributed by atoms with Gasteiger partial charge in [0.05, 0.1) is 6.04 Å². The fourth-order valence-electron chi connectivity index (χ4n) is 2.46. The fraction of sp³-hybridized carbons (Fsp3) is 0.857. The zero-order chi connectivity index (χ0) is 14.4. The molecule has 0 radical (unpaired) electrons. The van der Waals surface area contributed by atoms with Gasteiger partial charge >= 0.3 is 5.97 Å². The van der Waals surface area contributed by atoms with Crippen LogP contribution >= 0.6 is 0 Å². The van der Waals surface area contributed by atoms with E-state index in [0.717, 1.165) is 19.3 Å². The zero-order valence-electron chi connectivity index (χ0n) is 12.2. The molecule has 0 aliphatic carbocycles. The molecule has 0 bridgehead atoms. The van der Waals surface area contributed by atoms with Crippen LogP contribution in [-0.2, 0) is 9.59 Å². The summed E-state index contributed by atoms with van der Waals surface area (Å²) in [6.45, 7) is 7.37. The summed E-state index contributed by atoms with van der Waals surface area (Å²) in [5.74, 6) is -0.326. The normalized spacial score (nSPS) is 22.2. The van der Waals surface area contributed by atoms with Crippen molar-refractivity contribution in [3.8, 4) is 0 Å². The van der Waals surface area contributed by atoms with E-state index in [9.17, 15) is 14.7 Å². The largest absolute Gasteiger partial charge is 0.480 e. The highest BCUT2D eigenvalue weighted by Gasteiger charge is 2.34. The zero-order valence-corrected chi connectivity index (χ0v) is 12.2. The van der Waals surface area contributed by atoms with Gasteiger partial charge in [0.2, 0.25) is 5.91 Å². The molecule has 110 valence electrons. The number of nitrogens with zero attached hydrogens (tertiary/aromatic N) is 1. The Balaban J connectivity index is 2.51. The van der Waals surface area contributed by atoms with Crippen molar-refractivity contribution in [1.82, 2.24) is 10.2 Å². The smallest absolute Gasteiger partial charge is 0.320 e. The lowest BCUT2D eigenvalue weighted by Gasteiger charge is -2.36. The third-order valence-corrected chi connectivity index (χ3v) is 3.73. The molecule has 1 aliphatic rings. The number of piperidine rings is 1. The minimum atomic E-state index is -0.818. The summed E-state index contributed by atoms with van der Waals surface area (Å²) in [4.78, 5) is 25.1. The maximum atomic E-state index is 12.0. The summed E-state index contributed by atoms with van der Waals surface area (Å²) in [5.41, 5.74) is 0. The number of carbonyl (C=O) groups excluding carboxylic acids is 1. The summed E-state index contributed by atoms with van der Waals surface area (Å²) < 4.78 is 0. The van der Waals surface area contributed by atoms with Gasteiger partial charge in [0.1, 0.15) is 6.04 Å². The van der Waals surface area contributed by atoms with Crippen LogP contribution in [0.5, 0.6) is 0 Å². The Bertz CT molecular complexity index is 318. The monoisotopic (exact) mass is 270 g/mol. The number of nitrogens with one attached hydrogen (secondary N) is 1. The molecule has 0 aromatic heterocycles. The molecule has 1 rings (SSSR count). The highest BCUT2D eigenvalue weighted by atomic mass is 16.4. The first-order valence-corrected chi connectivity index (χ1v) is 7.19. The predicted molar refractivity (Wildman–Crippen MR) is 73.9 cm³/mol. The van der Waals surface area contributed by atoms with E-state index < -0.39 is 12.0 Å². The molecule has 5 heteroatoms. The van der Waals surface area contributed by atoms with E-state index in [1.165, 1.54) is 0 Å². The van der Waals surface area contributed by atoms with Crippen LogP contribution in [0.15, 0.2) is 0 Å². The van der Waals surface area contributed by atoms with E-state index in [1.807, 2.05) is 4.90 Å². The van der Waals surface area contributed by atoms with E-state index in [-0.39, 0.29) is 11.9 Å². The third kappa shape index (κ3) is 4.82. The van der Waals surface area contributed by atoms with Gasteiger partial charge in [0.25, 0.3) is 0 Å². The summed E-state index contributed by atoms with van der Waals surface area (Å²) in [5, 5.41) is 12.1. The molecule has 0 spiro atoms. The summed E-state index contributed by atoms with van der Waals surface area (Å²) in [6, 6.07) is -0.881. The molecule has 1 saturated heterocycles. The van der Waals surface area contributed by atoms with Crippen molar-refractivity contribution in [1.29, 1.82) is 0 Å². The van der Waals surface area contributed by atoms with Gasteiger partial charge in [-0.25, -0.2) is 0 Å². The standard InChI is InChI=1S/C14H26N2O3/c1-10(2)7-8-15-13(17)11(3)16-9-5-4-6-12(16)14(18)19/h10-12H,4-9H2,1-3H3,(H,15,17)(H,18,19). The van der Waals surface area contributed by atoms with Gasteiger partial charge in [-0.15, -0.1) is 0 Å². The van der Waals surface area contributed by atoms with Crippen LogP contribution in [0.3, 0.4) is 0 Å². The third-order valence-electron chi connectivity index (χ3n) is 3.73. The molecular formula is C14H26N2O3. The second-order valence-corrected chi connectivity index (χ2v) is 5.74. The maximum absolute atomic E-state index is 12.0. The number of aliphatic carboxylic acids is 1. The number of carboxylic acid groups (broad SMARTS) is 1. The van der Waals surface area contributed by atoms with Crippen molar-refractivity contribution in [3.05, 3.63) is 0 Å². The van der Waals surface area contributed by atoms with Crippen LogP contribution in [-0.4, -0.2) is 47.1 Å². The lowest BCUT2D eigenvalue weighted by atomic mass is 10.00. The molecule has 2 atom stereocenters. The van der Waals surface area contributed by atoms with E-state index in [4.69, 9.17) is 0 Å². The average Bonchev–Trinajstić information content (AvgIpc) is 2.37. The van der Waals surface area contributed by atoms with Gasteiger partial charge in [-0.2, -0.15) is 0 Å². The Kier molecular flexibility index (Phi) is 6.28. The Morgan fingerprint density at radius 3 is 2.58 bits per heavy atom. The first-order valence-electron chi connectivity index (χ1n) is 7.19. The van der Waals surface area contributed by atoms with Crippen molar-refractivity contribution in [2.24, 2.45) is 5.92 Å². The molecule has 2 unspecified atom stereocenters. The number of carbonyl (C=O) groups is 2. The number of rotatable bonds is 6. The van der Waals surface area contributed by atoms with Crippen molar-refractivity contribution in [2.45, 2.75) is 58.5 Å². The maximum Gasteiger partial charge on any atom is 0.320 e. The Hall–Kier alpha value is -1.10. The topological polar surface area (TPSA) is 69.6 Å². The number of hydrogen-bond donors (Lipinski definition) is 2. The van der Waals surface area contributed by atoms with Gasteiger partial charge in [-0.1, -0.05) is 20.3 Å². The Morgan fingerprint density at radius 1 is 1.32 bits per heavy atom. The second-order valence-electron chi connectivity index (χ2n) is 5.74. The van der Waals surface area contributed by atoms with Crippen LogP contribution in [0.25, 0.3) is 0 Å². The molecule has 0 aromatic carbocycles. The minimum absolute atomic E-state index is 0.0613. The van der Waals surface area contributed by atoms with Crippen LogP contribution in [0.4, 0.5) is 0 Å². The molecule has 1 fully saturated rings. The van der Waals surface area contributed by atoms with E-state index in [2.05, 4.69) is 19.2 Å². The first-order chi connectivity index (χ1) is 8.93. The van der Waals surface area contributed by atoms with Gasteiger partial charge in [0, 0.05) is 6.54 Å². The van der Waals surface area contributed by atoms with Crippen molar-refractivity contribution >= 4 is 11.9 Å². The van der Waals surface area contributed by atoms with Crippen LogP contribution in [0, 0.1) is 5.92 Å².